The Bertz CT molecular complexity index is 1000. The first-order valence-corrected chi connectivity index (χ1v) is 8.27. The van der Waals surface area contributed by atoms with E-state index in [0.29, 0.717) is 40.8 Å². The van der Waals surface area contributed by atoms with Gasteiger partial charge in [-0.15, -0.1) is 0 Å². The maximum atomic E-state index is 12.1. The summed E-state index contributed by atoms with van der Waals surface area (Å²) in [6, 6.07) is 9.71. The number of hydrogen-bond acceptors (Lipinski definition) is 5. The summed E-state index contributed by atoms with van der Waals surface area (Å²) < 4.78 is 12.0. The summed E-state index contributed by atoms with van der Waals surface area (Å²) >= 11 is 0. The first-order chi connectivity index (χ1) is 12.5. The van der Waals surface area contributed by atoms with Crippen molar-refractivity contribution < 1.29 is 14.1 Å². The van der Waals surface area contributed by atoms with Crippen molar-refractivity contribution in [2.75, 3.05) is 6.61 Å². The van der Waals surface area contributed by atoms with E-state index in [2.05, 4.69) is 22.0 Å². The number of nitrogens with zero attached hydrogens (tertiary/aromatic N) is 3. The molecule has 6 nitrogen and oxygen atoms in total. The molecule has 0 amide bonds. The smallest absolute Gasteiger partial charge is 0.356 e. The molecule has 0 bridgehead atoms. The monoisotopic (exact) mass is 349 g/mol. The number of carbonyl (C=O) groups is 1. The van der Waals surface area contributed by atoms with Gasteiger partial charge in [0, 0.05) is 12.6 Å². The normalized spacial score (nSPS) is 10.3. The second-order valence-electron chi connectivity index (χ2n) is 5.73. The average Bonchev–Trinajstić information content (AvgIpc) is 3.13. The number of carbonyl (C=O) groups excluding carboxylic acids is 1. The van der Waals surface area contributed by atoms with Gasteiger partial charge >= 0.3 is 5.97 Å². The van der Waals surface area contributed by atoms with Crippen molar-refractivity contribution in [1.82, 2.24) is 14.7 Å². The van der Waals surface area contributed by atoms with Crippen LogP contribution in [0.5, 0.6) is 0 Å². The van der Waals surface area contributed by atoms with Gasteiger partial charge in [-0.2, -0.15) is 0 Å². The Kier molecular flexibility index (Phi) is 4.90. The molecule has 132 valence electrons. The summed E-state index contributed by atoms with van der Waals surface area (Å²) in [5, 5.41) is 4.12. The molecule has 0 fully saturated rings. The van der Waals surface area contributed by atoms with Crippen LogP contribution in [0.3, 0.4) is 0 Å². The summed E-state index contributed by atoms with van der Waals surface area (Å²) in [7, 11) is 1.74. The molecular formula is C20H19N3O3. The minimum atomic E-state index is -0.404. The van der Waals surface area contributed by atoms with Crippen molar-refractivity contribution in [3.05, 3.63) is 58.9 Å². The van der Waals surface area contributed by atoms with Crippen LogP contribution in [-0.4, -0.2) is 27.3 Å². The van der Waals surface area contributed by atoms with Gasteiger partial charge in [-0.05, 0) is 26.7 Å². The number of esters is 1. The number of imidazole rings is 1. The van der Waals surface area contributed by atoms with Gasteiger partial charge in [-0.25, -0.2) is 9.78 Å². The minimum Gasteiger partial charge on any atom is -0.461 e. The largest absolute Gasteiger partial charge is 0.461 e. The summed E-state index contributed by atoms with van der Waals surface area (Å²) in [5.41, 5.74) is 3.31. The van der Waals surface area contributed by atoms with E-state index < -0.39 is 5.97 Å². The molecular weight excluding hydrogens is 330 g/mol. The average molecular weight is 349 g/mol. The maximum absolute atomic E-state index is 12.1. The van der Waals surface area contributed by atoms with E-state index in [1.165, 1.54) is 0 Å². The molecule has 3 aromatic rings. The van der Waals surface area contributed by atoms with E-state index in [4.69, 9.17) is 9.26 Å². The Hall–Kier alpha value is -3.33. The summed E-state index contributed by atoms with van der Waals surface area (Å²) in [4.78, 5) is 16.5. The van der Waals surface area contributed by atoms with Crippen LogP contribution in [0, 0.1) is 25.7 Å². The fraction of sp³-hybridized carbons (Fsp3) is 0.250. The van der Waals surface area contributed by atoms with E-state index in [1.807, 2.05) is 37.3 Å². The number of aryl methyl sites for hydroxylation is 2. The van der Waals surface area contributed by atoms with E-state index in [0.717, 1.165) is 5.56 Å². The van der Waals surface area contributed by atoms with E-state index in [9.17, 15) is 4.79 Å². The van der Waals surface area contributed by atoms with E-state index in [-0.39, 0.29) is 0 Å². The lowest BCUT2D eigenvalue weighted by Gasteiger charge is -2.03. The van der Waals surface area contributed by atoms with Crippen molar-refractivity contribution in [2.45, 2.75) is 20.8 Å². The minimum absolute atomic E-state index is 0.310. The Labute approximate surface area is 151 Å². The molecule has 0 saturated carbocycles. The Morgan fingerprint density at radius 1 is 1.23 bits per heavy atom. The Morgan fingerprint density at radius 2 is 1.96 bits per heavy atom. The molecule has 0 aliphatic rings. The van der Waals surface area contributed by atoms with Gasteiger partial charge in [0.25, 0.3) is 0 Å². The molecule has 26 heavy (non-hydrogen) atoms. The molecule has 0 saturated heterocycles. The van der Waals surface area contributed by atoms with Crippen molar-refractivity contribution in [1.29, 1.82) is 0 Å². The highest BCUT2D eigenvalue weighted by atomic mass is 16.5. The number of aromatic nitrogens is 3. The van der Waals surface area contributed by atoms with Gasteiger partial charge in [-0.3, -0.25) is 0 Å². The van der Waals surface area contributed by atoms with Crippen molar-refractivity contribution in [2.24, 2.45) is 7.05 Å². The highest BCUT2D eigenvalue weighted by molar-refractivity contribution is 5.89. The SMILES string of the molecule is CCOC(=O)c1c(C)nc(C#Cc2c(-c3ccccc3)noc2C)n1C. The molecule has 0 radical (unpaired) electrons. The number of rotatable bonds is 3. The van der Waals surface area contributed by atoms with Crippen LogP contribution in [0.25, 0.3) is 11.3 Å². The maximum Gasteiger partial charge on any atom is 0.356 e. The predicted octanol–water partition coefficient (Wildman–Crippen LogP) is 3.27. The van der Waals surface area contributed by atoms with Crippen LogP contribution in [0.15, 0.2) is 34.9 Å². The van der Waals surface area contributed by atoms with Crippen LogP contribution in [-0.2, 0) is 11.8 Å². The van der Waals surface area contributed by atoms with Crippen LogP contribution in [0.4, 0.5) is 0 Å². The third-order valence-electron chi connectivity index (χ3n) is 3.95. The lowest BCUT2D eigenvalue weighted by atomic mass is 10.1. The van der Waals surface area contributed by atoms with Crippen molar-refractivity contribution in [3.63, 3.8) is 0 Å². The van der Waals surface area contributed by atoms with Crippen molar-refractivity contribution >= 4 is 5.97 Å². The number of ether oxygens (including phenoxy) is 1. The molecule has 3 rings (SSSR count). The lowest BCUT2D eigenvalue weighted by molar-refractivity contribution is 0.0514. The zero-order valence-electron chi connectivity index (χ0n) is 15.2. The molecule has 0 N–H and O–H groups in total. The van der Waals surface area contributed by atoms with Crippen LogP contribution >= 0.6 is 0 Å². The van der Waals surface area contributed by atoms with Crippen LogP contribution < -0.4 is 0 Å². The standard InChI is InChI=1S/C20H19N3O3/c1-5-25-20(24)19-13(2)21-17(23(19)4)12-11-16-14(3)26-22-18(16)15-9-7-6-8-10-15/h6-10H,5H2,1-4H3. The van der Waals surface area contributed by atoms with E-state index >= 15 is 0 Å². The fourth-order valence-electron chi connectivity index (χ4n) is 2.66. The molecule has 0 aliphatic heterocycles. The fourth-order valence-corrected chi connectivity index (χ4v) is 2.66. The second kappa shape index (κ2) is 7.28. The summed E-state index contributed by atoms with van der Waals surface area (Å²) in [5.74, 6) is 6.81. The molecule has 6 heteroatoms. The first-order valence-electron chi connectivity index (χ1n) is 8.27. The second-order valence-corrected chi connectivity index (χ2v) is 5.73. The zero-order chi connectivity index (χ0) is 18.7. The quantitative estimate of drug-likeness (QED) is 0.536. The Morgan fingerprint density at radius 3 is 2.65 bits per heavy atom. The first kappa shape index (κ1) is 17.5. The van der Waals surface area contributed by atoms with Crippen molar-refractivity contribution in [3.8, 4) is 23.1 Å². The predicted molar refractivity (Wildman–Crippen MR) is 96.6 cm³/mol. The lowest BCUT2D eigenvalue weighted by Crippen LogP contribution is -2.11. The highest BCUT2D eigenvalue weighted by Crippen LogP contribution is 2.24. The third kappa shape index (κ3) is 3.24. The molecule has 0 aliphatic carbocycles. The van der Waals surface area contributed by atoms with Gasteiger partial charge < -0.3 is 13.8 Å². The topological polar surface area (TPSA) is 70.2 Å². The Balaban J connectivity index is 2.01. The molecule has 2 heterocycles. The number of benzene rings is 1. The molecule has 0 spiro atoms. The van der Waals surface area contributed by atoms with Crippen LogP contribution in [0.2, 0.25) is 0 Å². The van der Waals surface area contributed by atoms with Gasteiger partial charge in [-0.1, -0.05) is 41.4 Å². The molecule has 0 atom stereocenters. The summed E-state index contributed by atoms with van der Waals surface area (Å²) in [6.07, 6.45) is 0. The zero-order valence-corrected chi connectivity index (χ0v) is 15.2. The van der Waals surface area contributed by atoms with Gasteiger partial charge in [0.2, 0.25) is 0 Å². The van der Waals surface area contributed by atoms with Gasteiger partial charge in [0.05, 0.1) is 17.9 Å². The van der Waals surface area contributed by atoms with Gasteiger partial charge in [0.15, 0.2) is 11.5 Å². The number of hydrogen-bond donors (Lipinski definition) is 0. The molecule has 0 unspecified atom stereocenters. The molecule has 2 aromatic heterocycles. The highest BCUT2D eigenvalue weighted by Gasteiger charge is 2.19. The van der Waals surface area contributed by atoms with E-state index in [1.54, 1.807) is 25.5 Å². The molecule has 1 aromatic carbocycles. The van der Waals surface area contributed by atoms with Gasteiger partial charge in [0.1, 0.15) is 11.5 Å². The van der Waals surface area contributed by atoms with Crippen LogP contribution in [0.1, 0.15) is 40.3 Å². The third-order valence-corrected chi connectivity index (χ3v) is 3.95. The summed E-state index contributed by atoms with van der Waals surface area (Å²) in [6.45, 7) is 5.66.